The Kier molecular flexibility index (Phi) is 5.01. The van der Waals surface area contributed by atoms with Crippen LogP contribution in [0.25, 0.3) is 0 Å². The van der Waals surface area contributed by atoms with Gasteiger partial charge < -0.3 is 15.2 Å². The van der Waals surface area contributed by atoms with Crippen molar-refractivity contribution in [3.05, 3.63) is 24.3 Å². The van der Waals surface area contributed by atoms with Gasteiger partial charge >= 0.3 is 0 Å². The van der Waals surface area contributed by atoms with Gasteiger partial charge in [0.15, 0.2) is 0 Å². The summed E-state index contributed by atoms with van der Waals surface area (Å²) in [5.74, 6) is 1.22. The van der Waals surface area contributed by atoms with E-state index in [1.807, 2.05) is 18.2 Å². The van der Waals surface area contributed by atoms with Gasteiger partial charge in [0.05, 0.1) is 18.0 Å². The molecule has 0 spiro atoms. The van der Waals surface area contributed by atoms with Crippen LogP contribution in [0.15, 0.2) is 24.3 Å². The summed E-state index contributed by atoms with van der Waals surface area (Å²) in [6, 6.07) is 7.36. The summed E-state index contributed by atoms with van der Waals surface area (Å²) in [4.78, 5) is 0. The van der Waals surface area contributed by atoms with Gasteiger partial charge in [0.25, 0.3) is 0 Å². The molecule has 0 radical (unpaired) electrons. The summed E-state index contributed by atoms with van der Waals surface area (Å²) in [7, 11) is -0.833. The van der Waals surface area contributed by atoms with Gasteiger partial charge in [0.2, 0.25) is 0 Å². The Morgan fingerprint density at radius 2 is 2.06 bits per heavy atom. The normalized spacial score (nSPS) is 18.4. The summed E-state index contributed by atoms with van der Waals surface area (Å²) in [6.45, 7) is 1.89. The van der Waals surface area contributed by atoms with Crippen LogP contribution in [-0.2, 0) is 15.5 Å². The second kappa shape index (κ2) is 6.75. The van der Waals surface area contributed by atoms with Crippen molar-refractivity contribution in [3.8, 4) is 5.75 Å². The molecule has 0 bridgehead atoms. The zero-order chi connectivity index (χ0) is 12.8. The van der Waals surface area contributed by atoms with Crippen LogP contribution in [0.2, 0.25) is 0 Å². The van der Waals surface area contributed by atoms with Gasteiger partial charge in [-0.15, -0.1) is 0 Å². The van der Waals surface area contributed by atoms with Gasteiger partial charge in [0.1, 0.15) is 5.75 Å². The molecule has 1 aromatic carbocycles. The van der Waals surface area contributed by atoms with Crippen LogP contribution in [0.3, 0.4) is 0 Å². The van der Waals surface area contributed by atoms with Crippen molar-refractivity contribution in [3.63, 3.8) is 0 Å². The second-order valence-electron chi connectivity index (χ2n) is 4.28. The van der Waals surface area contributed by atoms with E-state index in [0.717, 1.165) is 26.1 Å². The molecule has 0 aliphatic carbocycles. The van der Waals surface area contributed by atoms with E-state index in [0.29, 0.717) is 23.8 Å². The lowest BCUT2D eigenvalue weighted by molar-refractivity contribution is 0.0991. The van der Waals surface area contributed by atoms with Crippen molar-refractivity contribution in [2.45, 2.75) is 18.1 Å². The molecule has 1 unspecified atom stereocenters. The molecule has 2 rings (SSSR count). The molecule has 4 nitrogen and oxygen atoms in total. The zero-order valence-electron chi connectivity index (χ0n) is 10.3. The molecule has 0 aromatic heterocycles. The quantitative estimate of drug-likeness (QED) is 0.824. The van der Waals surface area contributed by atoms with Crippen LogP contribution in [0.4, 0.5) is 5.69 Å². The van der Waals surface area contributed by atoms with Crippen LogP contribution in [0, 0.1) is 0 Å². The van der Waals surface area contributed by atoms with E-state index in [4.69, 9.17) is 15.2 Å². The van der Waals surface area contributed by atoms with Crippen LogP contribution in [-0.4, -0.2) is 35.0 Å². The van der Waals surface area contributed by atoms with Gasteiger partial charge in [0, 0.05) is 29.3 Å². The van der Waals surface area contributed by atoms with Crippen molar-refractivity contribution in [1.82, 2.24) is 0 Å². The molecule has 1 aliphatic heterocycles. The molecule has 1 aromatic rings. The molecule has 1 heterocycles. The van der Waals surface area contributed by atoms with Crippen molar-refractivity contribution in [2.75, 3.05) is 31.3 Å². The van der Waals surface area contributed by atoms with E-state index in [9.17, 15) is 4.21 Å². The lowest BCUT2D eigenvalue weighted by atomic mass is 10.2. The molecule has 0 saturated carbocycles. The number of ether oxygens (including phenoxy) is 2. The highest BCUT2D eigenvalue weighted by atomic mass is 32.2. The third-order valence-corrected chi connectivity index (χ3v) is 4.79. The molecular weight excluding hydrogens is 250 g/mol. The smallest absolute Gasteiger partial charge is 0.142 e. The number of nitrogen functional groups attached to an aromatic ring is 1. The Labute approximate surface area is 110 Å². The van der Waals surface area contributed by atoms with Crippen LogP contribution < -0.4 is 10.5 Å². The minimum absolute atomic E-state index is 0.260. The number of benzene rings is 1. The predicted octanol–water partition coefficient (Wildman–Crippen LogP) is 1.58. The first-order valence-electron chi connectivity index (χ1n) is 6.19. The first kappa shape index (κ1) is 13.4. The summed E-state index contributed by atoms with van der Waals surface area (Å²) < 4.78 is 22.8. The molecule has 1 atom stereocenters. The Balaban J connectivity index is 1.75. The first-order chi connectivity index (χ1) is 8.77. The molecule has 1 saturated heterocycles. The van der Waals surface area contributed by atoms with E-state index in [1.54, 1.807) is 6.07 Å². The molecule has 2 N–H and O–H groups in total. The summed E-state index contributed by atoms with van der Waals surface area (Å²) in [5.41, 5.74) is 6.38. The van der Waals surface area contributed by atoms with Crippen molar-refractivity contribution < 1.29 is 13.7 Å². The van der Waals surface area contributed by atoms with E-state index < -0.39 is 10.8 Å². The second-order valence-corrected chi connectivity index (χ2v) is 6.12. The molecule has 18 heavy (non-hydrogen) atoms. The molecule has 5 heteroatoms. The number of anilines is 1. The van der Waals surface area contributed by atoms with Gasteiger partial charge in [-0.3, -0.25) is 4.21 Å². The average molecular weight is 269 g/mol. The number of hydrogen-bond donors (Lipinski definition) is 1. The largest absolute Gasteiger partial charge is 0.490 e. The van der Waals surface area contributed by atoms with E-state index >= 15 is 0 Å². The van der Waals surface area contributed by atoms with Crippen LogP contribution in [0.5, 0.6) is 5.75 Å². The highest BCUT2D eigenvalue weighted by Gasteiger charge is 2.19. The fourth-order valence-corrected chi connectivity index (χ4v) is 3.25. The highest BCUT2D eigenvalue weighted by Crippen LogP contribution is 2.20. The topological polar surface area (TPSA) is 61.5 Å². The zero-order valence-corrected chi connectivity index (χ0v) is 11.2. The van der Waals surface area contributed by atoms with Gasteiger partial charge in [-0.25, -0.2) is 0 Å². The standard InChI is InChI=1S/C13H19NO3S/c14-12-3-1-2-4-13(12)17-9-10-18(15)11-5-7-16-8-6-11/h1-4,11H,5-10,14H2. The Morgan fingerprint density at radius 1 is 1.33 bits per heavy atom. The lowest BCUT2D eigenvalue weighted by Crippen LogP contribution is -2.27. The maximum Gasteiger partial charge on any atom is 0.142 e. The Bertz CT molecular complexity index is 405. The third-order valence-electron chi connectivity index (χ3n) is 3.00. The average Bonchev–Trinajstić information content (AvgIpc) is 2.42. The van der Waals surface area contributed by atoms with E-state index in [1.165, 1.54) is 0 Å². The van der Waals surface area contributed by atoms with Crippen LogP contribution in [0.1, 0.15) is 12.8 Å². The molecule has 0 amide bonds. The summed E-state index contributed by atoms with van der Waals surface area (Å²) in [5, 5.41) is 0.260. The molecule has 1 aliphatic rings. The van der Waals surface area contributed by atoms with E-state index in [2.05, 4.69) is 0 Å². The molecule has 1 fully saturated rings. The minimum atomic E-state index is -0.833. The first-order valence-corrected chi connectivity index (χ1v) is 7.58. The van der Waals surface area contributed by atoms with Crippen LogP contribution >= 0.6 is 0 Å². The number of nitrogens with two attached hydrogens (primary N) is 1. The monoisotopic (exact) mass is 269 g/mol. The highest BCUT2D eigenvalue weighted by molar-refractivity contribution is 7.85. The minimum Gasteiger partial charge on any atom is -0.490 e. The SMILES string of the molecule is Nc1ccccc1OCCS(=O)C1CCOCC1. The Morgan fingerprint density at radius 3 is 2.78 bits per heavy atom. The molecule has 100 valence electrons. The van der Waals surface area contributed by atoms with Crippen molar-refractivity contribution >= 4 is 16.5 Å². The number of para-hydroxylation sites is 2. The fourth-order valence-electron chi connectivity index (χ4n) is 1.95. The maximum absolute atomic E-state index is 12.0. The van der Waals surface area contributed by atoms with Gasteiger partial charge in [-0.1, -0.05) is 12.1 Å². The van der Waals surface area contributed by atoms with Gasteiger partial charge in [-0.05, 0) is 25.0 Å². The number of hydrogen-bond acceptors (Lipinski definition) is 4. The fraction of sp³-hybridized carbons (Fsp3) is 0.538. The number of rotatable bonds is 5. The predicted molar refractivity (Wildman–Crippen MR) is 73.2 cm³/mol. The van der Waals surface area contributed by atoms with Gasteiger partial charge in [-0.2, -0.15) is 0 Å². The van der Waals surface area contributed by atoms with E-state index in [-0.39, 0.29) is 5.25 Å². The van der Waals surface area contributed by atoms with Crippen molar-refractivity contribution in [2.24, 2.45) is 0 Å². The van der Waals surface area contributed by atoms with Crippen molar-refractivity contribution in [1.29, 1.82) is 0 Å². The molecular formula is C13H19NO3S. The Hall–Kier alpha value is -1.07. The summed E-state index contributed by atoms with van der Waals surface area (Å²) >= 11 is 0. The summed E-state index contributed by atoms with van der Waals surface area (Å²) in [6.07, 6.45) is 1.78. The lowest BCUT2D eigenvalue weighted by Gasteiger charge is -2.21. The maximum atomic E-state index is 12.0. The third kappa shape index (κ3) is 3.71.